The average Bonchev–Trinajstić information content (AvgIpc) is 3.62. The predicted molar refractivity (Wildman–Crippen MR) is 274 cm³/mol. The minimum Gasteiger partial charge on any atom is -0.310 e. The summed E-state index contributed by atoms with van der Waals surface area (Å²) in [5, 5.41) is 5.53. The van der Waals surface area contributed by atoms with Gasteiger partial charge in [-0.2, -0.15) is 0 Å². The lowest BCUT2D eigenvalue weighted by molar-refractivity contribution is 0.401. The Morgan fingerprint density at radius 1 is 0.349 bits per heavy atom. The first-order chi connectivity index (χ1) is 31.2. The predicted octanol–water partition coefficient (Wildman–Crippen LogP) is 14.4. The van der Waals surface area contributed by atoms with E-state index in [2.05, 4.69) is 231 Å². The standard InChI is InChI=1S/C61H61NSi/c1-3-5-7-23-45-61(46-24-8-6-4-2)59-34-22-21-33-57(59)58-44-41-52(47-60(58)61)62(50-37-35-49(36-38-50)48-25-13-9-14-26-48)51-39-42-56(43-40-51)63(53-27-15-10-16-28-53,54-29-17-11-18-30-54)55-31-19-12-20-32-55/h9-22,25-44,47H,3-8,23-24,45-46H2,1-2H3. The van der Waals surface area contributed by atoms with Crippen LogP contribution in [0.15, 0.2) is 212 Å². The number of hydrogen-bond donors (Lipinski definition) is 0. The van der Waals surface area contributed by atoms with Crippen LogP contribution in [0.4, 0.5) is 17.1 Å². The summed E-state index contributed by atoms with van der Waals surface area (Å²) in [4.78, 5) is 2.51. The zero-order valence-electron chi connectivity index (χ0n) is 37.2. The van der Waals surface area contributed by atoms with Crippen molar-refractivity contribution in [2.75, 3.05) is 4.90 Å². The van der Waals surface area contributed by atoms with Crippen molar-refractivity contribution in [1.29, 1.82) is 0 Å². The Morgan fingerprint density at radius 3 is 1.29 bits per heavy atom. The molecule has 0 saturated carbocycles. The van der Waals surface area contributed by atoms with Gasteiger partial charge in [0, 0.05) is 22.5 Å². The van der Waals surface area contributed by atoms with Crippen LogP contribution in [0.3, 0.4) is 0 Å². The summed E-state index contributed by atoms with van der Waals surface area (Å²) in [6.07, 6.45) is 12.6. The molecule has 314 valence electrons. The highest BCUT2D eigenvalue weighted by molar-refractivity contribution is 7.19. The molecule has 0 radical (unpaired) electrons. The molecule has 1 aliphatic rings. The summed E-state index contributed by atoms with van der Waals surface area (Å²) in [5.41, 5.74) is 11.9. The van der Waals surface area contributed by atoms with E-state index in [-0.39, 0.29) is 5.41 Å². The quantitative estimate of drug-likeness (QED) is 0.0473. The minimum absolute atomic E-state index is 0.00235. The van der Waals surface area contributed by atoms with E-state index in [1.807, 2.05) is 0 Å². The maximum Gasteiger partial charge on any atom is 0.179 e. The van der Waals surface area contributed by atoms with Crippen molar-refractivity contribution in [1.82, 2.24) is 0 Å². The van der Waals surface area contributed by atoms with Gasteiger partial charge in [-0.25, -0.2) is 0 Å². The Hall–Kier alpha value is -6.22. The molecule has 0 atom stereocenters. The van der Waals surface area contributed by atoms with E-state index in [4.69, 9.17) is 0 Å². The minimum atomic E-state index is -2.69. The van der Waals surface area contributed by atoms with Crippen LogP contribution in [0.5, 0.6) is 0 Å². The van der Waals surface area contributed by atoms with Gasteiger partial charge in [-0.05, 0) is 103 Å². The van der Waals surface area contributed by atoms with Gasteiger partial charge < -0.3 is 4.90 Å². The van der Waals surface area contributed by atoms with Crippen LogP contribution < -0.4 is 25.6 Å². The van der Waals surface area contributed by atoms with Crippen molar-refractivity contribution in [2.24, 2.45) is 0 Å². The Morgan fingerprint density at radius 2 is 0.762 bits per heavy atom. The van der Waals surface area contributed by atoms with E-state index in [1.54, 1.807) is 0 Å². The van der Waals surface area contributed by atoms with Gasteiger partial charge in [0.15, 0.2) is 8.07 Å². The highest BCUT2D eigenvalue weighted by Gasteiger charge is 2.43. The maximum absolute atomic E-state index is 2.69. The van der Waals surface area contributed by atoms with Gasteiger partial charge in [-0.3, -0.25) is 0 Å². The highest BCUT2D eigenvalue weighted by atomic mass is 28.3. The molecule has 8 aromatic carbocycles. The van der Waals surface area contributed by atoms with Gasteiger partial charge in [-0.1, -0.05) is 241 Å². The molecule has 0 saturated heterocycles. The zero-order chi connectivity index (χ0) is 42.9. The molecule has 1 aliphatic carbocycles. The second-order valence-electron chi connectivity index (χ2n) is 17.6. The topological polar surface area (TPSA) is 3.24 Å². The first-order valence-electron chi connectivity index (χ1n) is 23.6. The van der Waals surface area contributed by atoms with Crippen molar-refractivity contribution in [3.05, 3.63) is 223 Å². The molecule has 0 heterocycles. The zero-order valence-corrected chi connectivity index (χ0v) is 38.2. The molecule has 1 nitrogen and oxygen atoms in total. The number of nitrogens with zero attached hydrogens (tertiary/aromatic N) is 1. The van der Waals surface area contributed by atoms with Gasteiger partial charge in [0.2, 0.25) is 0 Å². The lowest BCUT2D eigenvalue weighted by Crippen LogP contribution is -2.74. The van der Waals surface area contributed by atoms with Crippen molar-refractivity contribution >= 4 is 45.9 Å². The summed E-state index contributed by atoms with van der Waals surface area (Å²) in [6.45, 7) is 4.65. The van der Waals surface area contributed by atoms with Crippen LogP contribution in [-0.2, 0) is 5.41 Å². The van der Waals surface area contributed by atoms with Crippen LogP contribution in [0.2, 0.25) is 0 Å². The van der Waals surface area contributed by atoms with E-state index in [9.17, 15) is 0 Å². The molecule has 0 unspecified atom stereocenters. The van der Waals surface area contributed by atoms with E-state index >= 15 is 0 Å². The van der Waals surface area contributed by atoms with E-state index in [0.29, 0.717) is 0 Å². The third-order valence-corrected chi connectivity index (χ3v) is 18.6. The Bertz CT molecular complexity index is 2560. The van der Waals surface area contributed by atoms with Crippen LogP contribution in [0.1, 0.15) is 89.2 Å². The second kappa shape index (κ2) is 19.4. The van der Waals surface area contributed by atoms with Crippen LogP contribution in [0.25, 0.3) is 22.3 Å². The lowest BCUT2D eigenvalue weighted by atomic mass is 9.70. The fourth-order valence-electron chi connectivity index (χ4n) is 10.8. The summed E-state index contributed by atoms with van der Waals surface area (Å²) in [6, 6.07) is 80.1. The molecule has 2 heteroatoms. The summed E-state index contributed by atoms with van der Waals surface area (Å²) < 4.78 is 0. The molecular weight excluding hydrogens is 775 g/mol. The number of fused-ring (bicyclic) bond motifs is 3. The van der Waals surface area contributed by atoms with E-state index in [0.717, 1.165) is 11.4 Å². The molecular formula is C61H61NSi. The van der Waals surface area contributed by atoms with Gasteiger partial charge >= 0.3 is 0 Å². The molecule has 9 rings (SSSR count). The molecule has 0 aromatic heterocycles. The van der Waals surface area contributed by atoms with E-state index in [1.165, 1.54) is 124 Å². The fourth-order valence-corrected chi connectivity index (χ4v) is 15.5. The van der Waals surface area contributed by atoms with Gasteiger partial charge in [-0.15, -0.1) is 0 Å². The molecule has 63 heavy (non-hydrogen) atoms. The Balaban J connectivity index is 1.21. The third kappa shape index (κ3) is 8.26. The number of rotatable bonds is 18. The Kier molecular flexibility index (Phi) is 13.0. The highest BCUT2D eigenvalue weighted by Crippen LogP contribution is 2.55. The summed E-state index contributed by atoms with van der Waals surface area (Å²) >= 11 is 0. The fraction of sp³-hybridized carbons (Fsp3) is 0.213. The molecule has 0 fully saturated rings. The van der Waals surface area contributed by atoms with E-state index < -0.39 is 8.07 Å². The smallest absolute Gasteiger partial charge is 0.179 e. The number of unbranched alkanes of at least 4 members (excludes halogenated alkanes) is 6. The van der Waals surface area contributed by atoms with Crippen molar-refractivity contribution in [3.63, 3.8) is 0 Å². The molecule has 0 aliphatic heterocycles. The Labute approximate surface area is 378 Å². The molecule has 0 bridgehead atoms. The monoisotopic (exact) mass is 835 g/mol. The van der Waals surface area contributed by atoms with Crippen LogP contribution in [-0.4, -0.2) is 8.07 Å². The third-order valence-electron chi connectivity index (χ3n) is 13.8. The second-order valence-corrected chi connectivity index (χ2v) is 21.4. The number of hydrogen-bond acceptors (Lipinski definition) is 1. The van der Waals surface area contributed by atoms with Crippen LogP contribution in [0, 0.1) is 0 Å². The molecule has 8 aromatic rings. The number of benzene rings is 8. The van der Waals surface area contributed by atoms with Crippen molar-refractivity contribution in [3.8, 4) is 22.3 Å². The summed E-state index contributed by atoms with van der Waals surface area (Å²) in [5.74, 6) is 0. The van der Waals surface area contributed by atoms with Crippen LogP contribution >= 0.6 is 0 Å². The maximum atomic E-state index is 2.59. The summed E-state index contributed by atoms with van der Waals surface area (Å²) in [7, 11) is -2.69. The largest absolute Gasteiger partial charge is 0.310 e. The average molecular weight is 836 g/mol. The number of anilines is 3. The normalized spacial score (nSPS) is 12.7. The lowest BCUT2D eigenvalue weighted by Gasteiger charge is -2.35. The molecule has 0 amide bonds. The van der Waals surface area contributed by atoms with Gasteiger partial charge in [0.25, 0.3) is 0 Å². The van der Waals surface area contributed by atoms with Gasteiger partial charge in [0.05, 0.1) is 0 Å². The van der Waals surface area contributed by atoms with Crippen molar-refractivity contribution in [2.45, 2.75) is 83.5 Å². The first kappa shape index (κ1) is 42.1. The molecule has 0 N–H and O–H groups in total. The first-order valence-corrected chi connectivity index (χ1v) is 25.6. The SMILES string of the molecule is CCCCCCC1(CCCCCC)c2ccccc2-c2ccc(N(c3ccc(-c4ccccc4)cc3)c3ccc([Si](c4ccccc4)(c4ccccc4)c4ccccc4)cc3)cc21. The van der Waals surface area contributed by atoms with Gasteiger partial charge in [0.1, 0.15) is 0 Å². The van der Waals surface area contributed by atoms with Crippen molar-refractivity contribution < 1.29 is 0 Å². The molecule has 0 spiro atoms.